The highest BCUT2D eigenvalue weighted by atomic mass is 32.1. The van der Waals surface area contributed by atoms with E-state index < -0.39 is 5.97 Å². The fourth-order valence-corrected chi connectivity index (χ4v) is 3.58. The minimum absolute atomic E-state index is 0.0457. The van der Waals surface area contributed by atoms with Gasteiger partial charge in [0.2, 0.25) is 0 Å². The largest absolute Gasteiger partial charge is 0.476 e. The number of nitrogens with zero attached hydrogens (tertiary/aromatic N) is 3. The first-order valence-electron chi connectivity index (χ1n) is 6.18. The van der Waals surface area contributed by atoms with Crippen molar-refractivity contribution >= 4 is 38.9 Å². The average molecular weight is 321 g/mol. The van der Waals surface area contributed by atoms with E-state index in [-0.39, 0.29) is 11.3 Å². The number of aromatic carboxylic acids is 1. The van der Waals surface area contributed by atoms with Crippen LogP contribution < -0.4 is 5.56 Å². The van der Waals surface area contributed by atoms with Gasteiger partial charge < -0.3 is 5.11 Å². The number of aryl methyl sites for hydroxylation is 3. The Morgan fingerprint density at radius 2 is 2.29 bits per heavy atom. The van der Waals surface area contributed by atoms with E-state index in [0.29, 0.717) is 23.4 Å². The van der Waals surface area contributed by atoms with Gasteiger partial charge in [0.05, 0.1) is 16.7 Å². The number of aromatic nitrogens is 3. The number of hydrogen-bond acceptors (Lipinski definition) is 6. The van der Waals surface area contributed by atoms with Crippen molar-refractivity contribution in [1.82, 2.24) is 14.5 Å². The molecule has 21 heavy (non-hydrogen) atoms. The minimum atomic E-state index is -1.04. The summed E-state index contributed by atoms with van der Waals surface area (Å²) in [4.78, 5) is 33.2. The topological polar surface area (TPSA) is 85.1 Å². The van der Waals surface area contributed by atoms with Gasteiger partial charge in [0.25, 0.3) is 5.56 Å². The van der Waals surface area contributed by atoms with Crippen LogP contribution in [0.2, 0.25) is 0 Å². The van der Waals surface area contributed by atoms with E-state index in [1.807, 2.05) is 13.0 Å². The van der Waals surface area contributed by atoms with Gasteiger partial charge >= 0.3 is 5.97 Å². The molecule has 0 aromatic carbocycles. The van der Waals surface area contributed by atoms with Crippen LogP contribution in [0.4, 0.5) is 0 Å². The SMILES string of the molecule is Cc1cc2c(=O)n(CCc3nc(C(=O)O)cs3)cnc2s1. The van der Waals surface area contributed by atoms with Crippen LogP contribution in [0.1, 0.15) is 20.4 Å². The molecular weight excluding hydrogens is 310 g/mol. The van der Waals surface area contributed by atoms with Crippen molar-refractivity contribution in [3.8, 4) is 0 Å². The molecule has 0 aliphatic carbocycles. The molecule has 1 N–H and O–H groups in total. The summed E-state index contributed by atoms with van der Waals surface area (Å²) in [6, 6.07) is 1.84. The number of hydrogen-bond donors (Lipinski definition) is 1. The zero-order valence-corrected chi connectivity index (χ0v) is 12.7. The number of carbonyl (C=O) groups is 1. The molecule has 0 unspecified atom stereocenters. The predicted molar refractivity (Wildman–Crippen MR) is 81.4 cm³/mol. The maximum Gasteiger partial charge on any atom is 0.355 e. The normalized spacial score (nSPS) is 11.1. The van der Waals surface area contributed by atoms with Gasteiger partial charge in [-0.2, -0.15) is 0 Å². The second-order valence-electron chi connectivity index (χ2n) is 4.50. The number of thiazole rings is 1. The molecule has 3 aromatic heterocycles. The van der Waals surface area contributed by atoms with Crippen molar-refractivity contribution in [3.05, 3.63) is 43.7 Å². The molecule has 3 aromatic rings. The molecule has 0 saturated heterocycles. The van der Waals surface area contributed by atoms with Crippen LogP contribution in [-0.4, -0.2) is 25.6 Å². The van der Waals surface area contributed by atoms with Crippen molar-refractivity contribution in [2.45, 2.75) is 19.9 Å². The third-order valence-corrected chi connectivity index (χ3v) is 4.85. The van der Waals surface area contributed by atoms with E-state index in [9.17, 15) is 9.59 Å². The van der Waals surface area contributed by atoms with Gasteiger partial charge in [-0.1, -0.05) is 0 Å². The van der Waals surface area contributed by atoms with Crippen molar-refractivity contribution in [2.75, 3.05) is 0 Å². The molecule has 0 bridgehead atoms. The molecule has 0 amide bonds. The Labute approximate surface area is 127 Å². The van der Waals surface area contributed by atoms with Crippen LogP contribution in [0.3, 0.4) is 0 Å². The molecule has 0 spiro atoms. The molecule has 3 rings (SSSR count). The van der Waals surface area contributed by atoms with E-state index in [2.05, 4.69) is 9.97 Å². The first-order chi connectivity index (χ1) is 10.0. The molecule has 0 atom stereocenters. The van der Waals surface area contributed by atoms with Crippen LogP contribution in [0.25, 0.3) is 10.2 Å². The Hall–Kier alpha value is -2.06. The summed E-state index contributed by atoms with van der Waals surface area (Å²) < 4.78 is 1.54. The van der Waals surface area contributed by atoms with Crippen molar-refractivity contribution in [2.24, 2.45) is 0 Å². The van der Waals surface area contributed by atoms with Gasteiger partial charge in [0.1, 0.15) is 4.83 Å². The number of thiophene rings is 1. The summed E-state index contributed by atoms with van der Waals surface area (Å²) in [6.07, 6.45) is 2.04. The lowest BCUT2D eigenvalue weighted by Crippen LogP contribution is -2.20. The Bertz CT molecular complexity index is 878. The Kier molecular flexibility index (Phi) is 3.56. The standard InChI is InChI=1S/C13H11N3O3S2/c1-7-4-8-11(21-7)14-6-16(12(8)17)3-2-10-15-9(5-20-10)13(18)19/h4-6H,2-3H2,1H3,(H,18,19). The monoisotopic (exact) mass is 321 g/mol. The predicted octanol–water partition coefficient (Wildman–Crippen LogP) is 2.16. The van der Waals surface area contributed by atoms with E-state index >= 15 is 0 Å². The Balaban J connectivity index is 1.83. The molecule has 0 aliphatic heterocycles. The highest BCUT2D eigenvalue weighted by molar-refractivity contribution is 7.18. The molecule has 0 radical (unpaired) electrons. The molecule has 3 heterocycles. The quantitative estimate of drug-likeness (QED) is 0.796. The van der Waals surface area contributed by atoms with Crippen LogP contribution in [0.5, 0.6) is 0 Å². The first kappa shape index (κ1) is 13.9. The fourth-order valence-electron chi connectivity index (χ4n) is 1.98. The lowest BCUT2D eigenvalue weighted by molar-refractivity contribution is 0.0691. The van der Waals surface area contributed by atoms with Crippen LogP contribution in [0.15, 0.2) is 22.6 Å². The molecule has 0 fully saturated rings. The molecule has 8 heteroatoms. The Morgan fingerprint density at radius 3 is 3.00 bits per heavy atom. The number of rotatable bonds is 4. The van der Waals surface area contributed by atoms with Gasteiger partial charge in [-0.15, -0.1) is 22.7 Å². The maximum atomic E-state index is 12.3. The van der Waals surface area contributed by atoms with Crippen molar-refractivity contribution in [3.63, 3.8) is 0 Å². The third kappa shape index (κ3) is 2.72. The van der Waals surface area contributed by atoms with Gasteiger partial charge in [-0.3, -0.25) is 9.36 Å². The Morgan fingerprint density at radius 1 is 1.48 bits per heavy atom. The summed E-state index contributed by atoms with van der Waals surface area (Å²) >= 11 is 2.78. The maximum absolute atomic E-state index is 12.3. The molecule has 108 valence electrons. The smallest absolute Gasteiger partial charge is 0.355 e. The lowest BCUT2D eigenvalue weighted by Gasteiger charge is -2.02. The zero-order valence-electron chi connectivity index (χ0n) is 11.1. The van der Waals surface area contributed by atoms with Crippen molar-refractivity contribution < 1.29 is 9.90 Å². The third-order valence-electron chi connectivity index (χ3n) is 2.98. The highest BCUT2D eigenvalue weighted by Crippen LogP contribution is 2.19. The lowest BCUT2D eigenvalue weighted by atomic mass is 10.3. The zero-order chi connectivity index (χ0) is 15.0. The number of fused-ring (bicyclic) bond motifs is 1. The second kappa shape index (κ2) is 5.38. The summed E-state index contributed by atoms with van der Waals surface area (Å²) in [5.74, 6) is -1.04. The highest BCUT2D eigenvalue weighted by Gasteiger charge is 2.10. The number of carboxylic acids is 1. The summed E-state index contributed by atoms with van der Waals surface area (Å²) in [5.41, 5.74) is -0.0243. The van der Waals surface area contributed by atoms with Gasteiger partial charge in [0, 0.05) is 23.2 Å². The van der Waals surface area contributed by atoms with Crippen LogP contribution in [0, 0.1) is 6.92 Å². The second-order valence-corrected chi connectivity index (χ2v) is 6.68. The average Bonchev–Trinajstić information content (AvgIpc) is 3.04. The van der Waals surface area contributed by atoms with Crippen LogP contribution >= 0.6 is 22.7 Å². The fraction of sp³-hybridized carbons (Fsp3) is 0.231. The van der Waals surface area contributed by atoms with Gasteiger partial charge in [-0.25, -0.2) is 14.8 Å². The number of carboxylic acid groups (broad SMARTS) is 1. The summed E-state index contributed by atoms with van der Waals surface area (Å²) in [7, 11) is 0. The molecular formula is C13H11N3O3S2. The van der Waals surface area contributed by atoms with Gasteiger partial charge in [0.15, 0.2) is 5.69 Å². The van der Waals surface area contributed by atoms with E-state index in [1.165, 1.54) is 38.9 Å². The molecule has 6 nitrogen and oxygen atoms in total. The van der Waals surface area contributed by atoms with E-state index in [4.69, 9.17) is 5.11 Å². The molecule has 0 aliphatic rings. The van der Waals surface area contributed by atoms with E-state index in [0.717, 1.165) is 9.71 Å². The minimum Gasteiger partial charge on any atom is -0.476 e. The van der Waals surface area contributed by atoms with Crippen molar-refractivity contribution in [1.29, 1.82) is 0 Å². The summed E-state index contributed by atoms with van der Waals surface area (Å²) in [6.45, 7) is 2.38. The summed E-state index contributed by atoms with van der Waals surface area (Å²) in [5, 5.41) is 11.7. The first-order valence-corrected chi connectivity index (χ1v) is 7.87. The van der Waals surface area contributed by atoms with Crippen LogP contribution in [-0.2, 0) is 13.0 Å². The molecule has 0 saturated carbocycles. The van der Waals surface area contributed by atoms with E-state index in [1.54, 1.807) is 0 Å². The van der Waals surface area contributed by atoms with Gasteiger partial charge in [-0.05, 0) is 13.0 Å².